The molecule has 0 saturated carbocycles. The molecule has 0 atom stereocenters. The third-order valence-electron chi connectivity index (χ3n) is 4.50. The summed E-state index contributed by atoms with van der Waals surface area (Å²) < 4.78 is 13.5. The molecule has 1 heterocycles. The van der Waals surface area contributed by atoms with E-state index in [1.165, 1.54) is 12.1 Å². The van der Waals surface area contributed by atoms with E-state index in [-0.39, 0.29) is 29.8 Å². The molecule has 3 N–H and O–H groups in total. The summed E-state index contributed by atoms with van der Waals surface area (Å²) in [5, 5.41) is 23.4. The van der Waals surface area contributed by atoms with Gasteiger partial charge in [0.2, 0.25) is 0 Å². The molecule has 1 saturated heterocycles. The minimum Gasteiger partial charge on any atom is -0.508 e. The van der Waals surface area contributed by atoms with Gasteiger partial charge in [0.25, 0.3) is 0 Å². The molecule has 2 aromatic rings. The van der Waals surface area contributed by atoms with E-state index in [1.807, 2.05) is 0 Å². The summed E-state index contributed by atoms with van der Waals surface area (Å²) in [5.74, 6) is -0.134. The molecule has 0 radical (unpaired) electrons. The molecule has 2 aromatic carbocycles. The number of benzene rings is 2. The van der Waals surface area contributed by atoms with Crippen LogP contribution in [-0.2, 0) is 11.4 Å². The Morgan fingerprint density at radius 1 is 1.19 bits per heavy atom. The first-order chi connectivity index (χ1) is 12.5. The fourth-order valence-corrected chi connectivity index (χ4v) is 3.09. The molecule has 1 fully saturated rings. The Morgan fingerprint density at radius 3 is 2.62 bits per heavy atom. The van der Waals surface area contributed by atoms with Crippen LogP contribution in [0.3, 0.4) is 0 Å². The summed E-state index contributed by atoms with van der Waals surface area (Å²) >= 11 is 0. The van der Waals surface area contributed by atoms with Gasteiger partial charge in [-0.2, -0.15) is 0 Å². The standard InChI is InChI=1S/C19H21FN2O4/c20-17-4-2-1-3-14(17)12-21-19(25)26-22-9-7-13(8-10-22)16-6-5-15(23)11-18(16)24/h1-6,11,13,23-24H,7-10,12H2,(H,21,25). The van der Waals surface area contributed by atoms with E-state index in [9.17, 15) is 19.4 Å². The number of halogens is 1. The van der Waals surface area contributed by atoms with Crippen molar-refractivity contribution in [2.75, 3.05) is 13.1 Å². The maximum Gasteiger partial charge on any atom is 0.426 e. The summed E-state index contributed by atoms with van der Waals surface area (Å²) in [6, 6.07) is 10.8. The van der Waals surface area contributed by atoms with Gasteiger partial charge in [-0.1, -0.05) is 24.3 Å². The van der Waals surface area contributed by atoms with Crippen molar-refractivity contribution in [3.05, 3.63) is 59.4 Å². The zero-order valence-corrected chi connectivity index (χ0v) is 14.2. The number of rotatable bonds is 4. The lowest BCUT2D eigenvalue weighted by Gasteiger charge is -2.30. The Bertz CT molecular complexity index is 776. The number of nitrogens with zero attached hydrogens (tertiary/aromatic N) is 1. The van der Waals surface area contributed by atoms with Gasteiger partial charge in [0.1, 0.15) is 17.3 Å². The highest BCUT2D eigenvalue weighted by Gasteiger charge is 2.25. The van der Waals surface area contributed by atoms with E-state index in [4.69, 9.17) is 4.84 Å². The minimum absolute atomic E-state index is 0.0264. The van der Waals surface area contributed by atoms with Crippen molar-refractivity contribution < 1.29 is 24.2 Å². The van der Waals surface area contributed by atoms with Crippen LogP contribution in [0.2, 0.25) is 0 Å². The Labute approximate surface area is 150 Å². The van der Waals surface area contributed by atoms with E-state index in [2.05, 4.69) is 5.32 Å². The first kappa shape index (κ1) is 18.0. The Morgan fingerprint density at radius 2 is 1.92 bits per heavy atom. The SMILES string of the molecule is O=C(NCc1ccccc1F)ON1CCC(c2ccc(O)cc2O)CC1. The number of aromatic hydroxyl groups is 2. The molecule has 0 unspecified atom stereocenters. The lowest BCUT2D eigenvalue weighted by Crippen LogP contribution is -2.38. The highest BCUT2D eigenvalue weighted by Crippen LogP contribution is 2.35. The van der Waals surface area contributed by atoms with Crippen molar-refractivity contribution in [2.45, 2.75) is 25.3 Å². The van der Waals surface area contributed by atoms with Gasteiger partial charge >= 0.3 is 6.09 Å². The van der Waals surface area contributed by atoms with E-state index in [0.717, 1.165) is 5.56 Å². The summed E-state index contributed by atoms with van der Waals surface area (Å²) in [4.78, 5) is 17.1. The molecule has 1 aliphatic rings. The van der Waals surface area contributed by atoms with Crippen molar-refractivity contribution in [1.29, 1.82) is 0 Å². The third-order valence-corrected chi connectivity index (χ3v) is 4.50. The van der Waals surface area contributed by atoms with Crippen molar-refractivity contribution >= 4 is 6.09 Å². The van der Waals surface area contributed by atoms with Crippen LogP contribution < -0.4 is 5.32 Å². The maximum absolute atomic E-state index is 13.5. The molecule has 3 rings (SSSR count). The number of nitrogens with one attached hydrogen (secondary N) is 1. The molecule has 26 heavy (non-hydrogen) atoms. The number of carbonyl (C=O) groups is 1. The molecule has 0 spiro atoms. The highest BCUT2D eigenvalue weighted by molar-refractivity contribution is 5.66. The van der Waals surface area contributed by atoms with Crippen LogP contribution >= 0.6 is 0 Å². The van der Waals surface area contributed by atoms with Crippen LogP contribution in [0.5, 0.6) is 11.5 Å². The van der Waals surface area contributed by atoms with Crippen LogP contribution in [-0.4, -0.2) is 34.5 Å². The van der Waals surface area contributed by atoms with Crippen LogP contribution in [0.15, 0.2) is 42.5 Å². The number of hydrogen-bond donors (Lipinski definition) is 3. The number of phenols is 2. The predicted octanol–water partition coefficient (Wildman–Crippen LogP) is 3.26. The fraction of sp³-hybridized carbons (Fsp3) is 0.316. The van der Waals surface area contributed by atoms with Crippen molar-refractivity contribution in [1.82, 2.24) is 10.4 Å². The average Bonchev–Trinajstić information content (AvgIpc) is 2.62. The first-order valence-corrected chi connectivity index (χ1v) is 8.49. The van der Waals surface area contributed by atoms with E-state index in [0.29, 0.717) is 31.5 Å². The summed E-state index contributed by atoms with van der Waals surface area (Å²) in [7, 11) is 0. The number of hydrogen-bond acceptors (Lipinski definition) is 5. The smallest absolute Gasteiger partial charge is 0.426 e. The Hall–Kier alpha value is -2.80. The molecule has 0 aromatic heterocycles. The van der Waals surface area contributed by atoms with Gasteiger partial charge in [-0.3, -0.25) is 0 Å². The lowest BCUT2D eigenvalue weighted by atomic mass is 9.89. The lowest BCUT2D eigenvalue weighted by molar-refractivity contribution is -0.113. The minimum atomic E-state index is -0.626. The number of piperidine rings is 1. The molecule has 1 amide bonds. The number of amides is 1. The van der Waals surface area contributed by atoms with Crippen LogP contribution in [0.25, 0.3) is 0 Å². The summed E-state index contributed by atoms with van der Waals surface area (Å²) in [6.07, 6.45) is 0.789. The second-order valence-corrected chi connectivity index (χ2v) is 6.27. The number of phenolic OH excluding ortho intramolecular Hbond substituents is 2. The van der Waals surface area contributed by atoms with Crippen molar-refractivity contribution in [3.63, 3.8) is 0 Å². The number of carbonyl (C=O) groups excluding carboxylic acids is 1. The zero-order valence-electron chi connectivity index (χ0n) is 14.2. The second kappa shape index (κ2) is 8.05. The second-order valence-electron chi connectivity index (χ2n) is 6.27. The monoisotopic (exact) mass is 360 g/mol. The van der Waals surface area contributed by atoms with Gasteiger partial charge in [-0.05, 0) is 36.5 Å². The zero-order chi connectivity index (χ0) is 18.5. The fourth-order valence-electron chi connectivity index (χ4n) is 3.09. The van der Waals surface area contributed by atoms with Gasteiger partial charge in [-0.15, -0.1) is 5.06 Å². The third kappa shape index (κ3) is 4.43. The summed E-state index contributed by atoms with van der Waals surface area (Å²) in [6.45, 7) is 1.11. The van der Waals surface area contributed by atoms with Crippen molar-refractivity contribution in [3.8, 4) is 11.5 Å². The molecular weight excluding hydrogens is 339 g/mol. The van der Waals surface area contributed by atoms with E-state index >= 15 is 0 Å². The van der Waals surface area contributed by atoms with Gasteiger partial charge in [0.05, 0.1) is 0 Å². The Balaban J connectivity index is 1.46. The maximum atomic E-state index is 13.5. The van der Waals surface area contributed by atoms with Crippen LogP contribution in [0, 0.1) is 5.82 Å². The normalized spacial score (nSPS) is 15.6. The van der Waals surface area contributed by atoms with Gasteiger partial charge < -0.3 is 20.4 Å². The first-order valence-electron chi connectivity index (χ1n) is 8.49. The highest BCUT2D eigenvalue weighted by atomic mass is 19.1. The van der Waals surface area contributed by atoms with E-state index in [1.54, 1.807) is 35.4 Å². The van der Waals surface area contributed by atoms with Gasteiger partial charge in [-0.25, -0.2) is 9.18 Å². The quantitative estimate of drug-likeness (QED) is 0.780. The van der Waals surface area contributed by atoms with Gasteiger partial charge in [0, 0.05) is 31.3 Å². The molecule has 1 aliphatic heterocycles. The summed E-state index contributed by atoms with van der Waals surface area (Å²) in [5.41, 5.74) is 1.18. The molecule has 0 bridgehead atoms. The van der Waals surface area contributed by atoms with Crippen LogP contribution in [0.4, 0.5) is 9.18 Å². The molecular formula is C19H21FN2O4. The van der Waals surface area contributed by atoms with Crippen LogP contribution in [0.1, 0.15) is 29.9 Å². The van der Waals surface area contributed by atoms with Crippen molar-refractivity contribution in [2.24, 2.45) is 0 Å². The molecule has 138 valence electrons. The van der Waals surface area contributed by atoms with Gasteiger partial charge in [0.15, 0.2) is 0 Å². The Kier molecular flexibility index (Phi) is 5.58. The topological polar surface area (TPSA) is 82.0 Å². The average molecular weight is 360 g/mol. The molecule has 7 heteroatoms. The molecule has 0 aliphatic carbocycles. The number of hydroxylamine groups is 2. The largest absolute Gasteiger partial charge is 0.508 e. The molecule has 6 nitrogen and oxygen atoms in total. The predicted molar refractivity (Wildman–Crippen MR) is 93.0 cm³/mol. The van der Waals surface area contributed by atoms with E-state index < -0.39 is 6.09 Å².